The van der Waals surface area contributed by atoms with Crippen LogP contribution in [0.25, 0.3) is 17.0 Å². The smallest absolute Gasteiger partial charge is 0.399 e. The minimum atomic E-state index is -5.22. The van der Waals surface area contributed by atoms with Gasteiger partial charge in [-0.2, -0.15) is 8.78 Å². The van der Waals surface area contributed by atoms with Crippen LogP contribution in [0.3, 0.4) is 0 Å². The van der Waals surface area contributed by atoms with Crippen molar-refractivity contribution in [3.05, 3.63) is 94.6 Å². The first-order valence-corrected chi connectivity index (χ1v) is 12.4. The maximum absolute atomic E-state index is 14.8. The Hall–Kier alpha value is -3.50. The Morgan fingerprint density at radius 3 is 1.95 bits per heavy atom. The standard InChI is InChI=1S/C29H22F10O/c30-22-11-18(21-10-9-19(12-23(21)31)26(34)28(35)36)8-7-17(22)6-3-15-1-4-16(5-2-15)20-13-24(32)27(25(33)14-20)40-29(37,38)39/h7-16H,1-6H2. The van der Waals surface area contributed by atoms with E-state index in [1.165, 1.54) is 12.1 Å². The zero-order chi connectivity index (χ0) is 29.2. The average Bonchev–Trinajstić information content (AvgIpc) is 2.89. The fourth-order valence-electron chi connectivity index (χ4n) is 5.08. The highest BCUT2D eigenvalue weighted by molar-refractivity contribution is 5.69. The van der Waals surface area contributed by atoms with Gasteiger partial charge < -0.3 is 4.74 Å². The molecule has 40 heavy (non-hydrogen) atoms. The fourth-order valence-corrected chi connectivity index (χ4v) is 5.08. The number of rotatable bonds is 7. The lowest BCUT2D eigenvalue weighted by Gasteiger charge is -2.29. The molecule has 0 N–H and O–H groups in total. The van der Waals surface area contributed by atoms with Crippen molar-refractivity contribution >= 4 is 5.83 Å². The number of hydrogen-bond acceptors (Lipinski definition) is 1. The van der Waals surface area contributed by atoms with E-state index in [-0.39, 0.29) is 28.5 Å². The van der Waals surface area contributed by atoms with E-state index in [2.05, 4.69) is 4.74 Å². The van der Waals surface area contributed by atoms with E-state index in [0.717, 1.165) is 30.3 Å². The molecule has 1 aliphatic carbocycles. The number of alkyl halides is 3. The van der Waals surface area contributed by atoms with Crippen molar-refractivity contribution in [3.63, 3.8) is 0 Å². The maximum Gasteiger partial charge on any atom is 0.573 e. The highest BCUT2D eigenvalue weighted by Crippen LogP contribution is 2.40. The summed E-state index contributed by atoms with van der Waals surface area (Å²) in [6, 6.07) is 8.47. The van der Waals surface area contributed by atoms with E-state index in [1.54, 1.807) is 0 Å². The molecule has 1 fully saturated rings. The van der Waals surface area contributed by atoms with Gasteiger partial charge in [-0.3, -0.25) is 0 Å². The number of hydrogen-bond donors (Lipinski definition) is 0. The molecule has 4 rings (SSSR count). The molecule has 0 unspecified atom stereocenters. The molecule has 3 aromatic rings. The van der Waals surface area contributed by atoms with Crippen LogP contribution >= 0.6 is 0 Å². The summed E-state index contributed by atoms with van der Waals surface area (Å²) in [5.41, 5.74) is 0.0718. The first-order valence-electron chi connectivity index (χ1n) is 12.4. The molecule has 1 saturated carbocycles. The molecular formula is C29H22F10O. The lowest BCUT2D eigenvalue weighted by atomic mass is 9.77. The highest BCUT2D eigenvalue weighted by atomic mass is 19.4. The number of ether oxygens (including phenoxy) is 1. The molecular weight excluding hydrogens is 554 g/mol. The van der Waals surface area contributed by atoms with Crippen molar-refractivity contribution in [1.82, 2.24) is 0 Å². The van der Waals surface area contributed by atoms with Crippen LogP contribution in [0.1, 0.15) is 54.7 Å². The molecule has 3 aromatic carbocycles. The van der Waals surface area contributed by atoms with Crippen molar-refractivity contribution in [2.24, 2.45) is 5.92 Å². The lowest BCUT2D eigenvalue weighted by molar-refractivity contribution is -0.276. The van der Waals surface area contributed by atoms with Crippen LogP contribution in [0, 0.1) is 29.2 Å². The summed E-state index contributed by atoms with van der Waals surface area (Å²) in [5, 5.41) is 0. The van der Waals surface area contributed by atoms with Crippen LogP contribution in [0.4, 0.5) is 43.9 Å². The highest BCUT2D eigenvalue weighted by Gasteiger charge is 2.34. The van der Waals surface area contributed by atoms with Crippen molar-refractivity contribution < 1.29 is 48.6 Å². The van der Waals surface area contributed by atoms with Crippen LogP contribution in [0.15, 0.2) is 54.6 Å². The SMILES string of the molecule is FC(F)=C(F)c1ccc(-c2ccc(CCC3CCC(c4cc(F)c(OC(F)(F)F)c(F)c4)CC3)c(F)c2)c(F)c1. The summed E-state index contributed by atoms with van der Waals surface area (Å²) >= 11 is 0. The molecule has 0 saturated heterocycles. The third-order valence-corrected chi connectivity index (χ3v) is 7.13. The van der Waals surface area contributed by atoms with Crippen molar-refractivity contribution in [3.8, 4) is 16.9 Å². The summed E-state index contributed by atoms with van der Waals surface area (Å²) in [6.07, 6.45) is -4.42. The molecule has 0 spiro atoms. The Kier molecular flexibility index (Phi) is 8.80. The maximum atomic E-state index is 14.8. The third kappa shape index (κ3) is 6.98. The van der Waals surface area contributed by atoms with Gasteiger partial charge in [-0.15, -0.1) is 13.2 Å². The van der Waals surface area contributed by atoms with Gasteiger partial charge in [-0.05, 0) is 91.3 Å². The molecule has 1 aliphatic rings. The summed E-state index contributed by atoms with van der Waals surface area (Å²) in [4.78, 5) is 0. The molecule has 1 nitrogen and oxygen atoms in total. The van der Waals surface area contributed by atoms with Gasteiger partial charge in [-0.25, -0.2) is 22.0 Å². The second kappa shape index (κ2) is 11.9. The van der Waals surface area contributed by atoms with E-state index < -0.39 is 52.9 Å². The van der Waals surface area contributed by atoms with Crippen LogP contribution in [-0.4, -0.2) is 6.36 Å². The normalized spacial score (nSPS) is 17.6. The average molecular weight is 576 g/mol. The molecule has 11 heteroatoms. The number of aryl methyl sites for hydroxylation is 1. The lowest BCUT2D eigenvalue weighted by Crippen LogP contribution is -2.19. The van der Waals surface area contributed by atoms with Gasteiger partial charge in [0.1, 0.15) is 11.6 Å². The molecule has 0 heterocycles. The molecule has 214 valence electrons. The Bertz CT molecular complexity index is 1380. The van der Waals surface area contributed by atoms with Crippen LogP contribution in [-0.2, 0) is 6.42 Å². The first kappa shape index (κ1) is 29.5. The molecule has 0 radical (unpaired) electrons. The van der Waals surface area contributed by atoms with Crippen molar-refractivity contribution in [2.75, 3.05) is 0 Å². The van der Waals surface area contributed by atoms with E-state index in [9.17, 15) is 43.9 Å². The van der Waals surface area contributed by atoms with Gasteiger partial charge in [0.05, 0.1) is 0 Å². The summed E-state index contributed by atoms with van der Waals surface area (Å²) in [6.45, 7) is 0. The topological polar surface area (TPSA) is 9.23 Å². The summed E-state index contributed by atoms with van der Waals surface area (Å²) in [7, 11) is 0. The Morgan fingerprint density at radius 2 is 1.40 bits per heavy atom. The van der Waals surface area contributed by atoms with Crippen LogP contribution < -0.4 is 4.74 Å². The Balaban J connectivity index is 1.35. The van der Waals surface area contributed by atoms with Crippen molar-refractivity contribution in [2.45, 2.75) is 50.8 Å². The van der Waals surface area contributed by atoms with Gasteiger partial charge in [0.15, 0.2) is 17.5 Å². The van der Waals surface area contributed by atoms with Crippen LogP contribution in [0.5, 0.6) is 5.75 Å². The van der Waals surface area contributed by atoms with Gasteiger partial charge in [-0.1, -0.05) is 24.3 Å². The van der Waals surface area contributed by atoms with E-state index >= 15 is 0 Å². The fraction of sp³-hybridized carbons (Fsp3) is 0.310. The van der Waals surface area contributed by atoms with E-state index in [4.69, 9.17) is 0 Å². The van der Waals surface area contributed by atoms with Crippen LogP contribution in [0.2, 0.25) is 0 Å². The molecule has 0 aromatic heterocycles. The molecule has 0 atom stereocenters. The third-order valence-electron chi connectivity index (χ3n) is 7.13. The second-order valence-corrected chi connectivity index (χ2v) is 9.69. The molecule has 0 bridgehead atoms. The summed E-state index contributed by atoms with van der Waals surface area (Å²) < 4.78 is 136. The largest absolute Gasteiger partial charge is 0.573 e. The van der Waals surface area contributed by atoms with Gasteiger partial charge in [0.25, 0.3) is 0 Å². The minimum absolute atomic E-state index is 0.0783. The monoisotopic (exact) mass is 576 g/mol. The van der Waals surface area contributed by atoms with E-state index in [0.29, 0.717) is 50.2 Å². The molecule has 0 aliphatic heterocycles. The minimum Gasteiger partial charge on any atom is -0.399 e. The predicted molar refractivity (Wildman–Crippen MR) is 128 cm³/mol. The number of benzene rings is 3. The first-order chi connectivity index (χ1) is 18.8. The Labute approximate surface area is 223 Å². The quantitative estimate of drug-likeness (QED) is 0.254. The number of halogens is 10. The van der Waals surface area contributed by atoms with Gasteiger partial charge in [0, 0.05) is 11.1 Å². The Morgan fingerprint density at radius 1 is 0.750 bits per heavy atom. The van der Waals surface area contributed by atoms with Crippen molar-refractivity contribution in [1.29, 1.82) is 0 Å². The van der Waals surface area contributed by atoms with E-state index in [1.807, 2.05) is 0 Å². The van der Waals surface area contributed by atoms with Gasteiger partial charge in [0.2, 0.25) is 5.75 Å². The zero-order valence-corrected chi connectivity index (χ0v) is 20.7. The second-order valence-electron chi connectivity index (χ2n) is 9.69. The predicted octanol–water partition coefficient (Wildman–Crippen LogP) is 10.2. The zero-order valence-electron chi connectivity index (χ0n) is 20.7. The summed E-state index contributed by atoms with van der Waals surface area (Å²) in [5.74, 6) is -7.83. The van der Waals surface area contributed by atoms with Gasteiger partial charge >= 0.3 is 12.4 Å². The molecule has 0 amide bonds.